The third-order valence-electron chi connectivity index (χ3n) is 3.24. The van der Waals surface area contributed by atoms with E-state index in [1.807, 2.05) is 0 Å². The lowest BCUT2D eigenvalue weighted by atomic mass is 10.1. The fraction of sp³-hybridized carbons (Fsp3) is 0.800. The Morgan fingerprint density at radius 1 is 1.29 bits per heavy atom. The van der Waals surface area contributed by atoms with Gasteiger partial charge in [-0.3, -0.25) is 5.10 Å². The Bertz CT molecular complexity index is 329. The number of likely N-dealkylation sites (N-methyl/N-ethyl adjacent to an activating group) is 1. The Labute approximate surface area is 83.7 Å². The molecule has 1 unspecified atom stereocenters. The van der Waals surface area contributed by atoms with Gasteiger partial charge in [0.05, 0.1) is 0 Å². The predicted molar refractivity (Wildman–Crippen MR) is 53.2 cm³/mol. The van der Waals surface area contributed by atoms with Crippen LogP contribution in [0.5, 0.6) is 0 Å². The number of nitrogens with zero attached hydrogens (tertiary/aromatic N) is 3. The van der Waals surface area contributed by atoms with Crippen LogP contribution in [0.15, 0.2) is 0 Å². The summed E-state index contributed by atoms with van der Waals surface area (Å²) in [4.78, 5) is 6.94. The van der Waals surface area contributed by atoms with Crippen LogP contribution in [0, 0.1) is 0 Å². The van der Waals surface area contributed by atoms with Gasteiger partial charge in [-0.1, -0.05) is 0 Å². The van der Waals surface area contributed by atoms with Crippen molar-refractivity contribution in [1.82, 2.24) is 20.1 Å². The first-order valence-corrected chi connectivity index (χ1v) is 5.43. The van der Waals surface area contributed by atoms with Crippen molar-refractivity contribution in [2.24, 2.45) is 0 Å². The zero-order chi connectivity index (χ0) is 9.54. The van der Waals surface area contributed by atoms with Crippen molar-refractivity contribution < 1.29 is 0 Å². The van der Waals surface area contributed by atoms with Gasteiger partial charge in [0, 0.05) is 18.4 Å². The van der Waals surface area contributed by atoms with Crippen LogP contribution in [0.4, 0.5) is 0 Å². The van der Waals surface area contributed by atoms with E-state index in [1.54, 1.807) is 0 Å². The van der Waals surface area contributed by atoms with E-state index in [0.717, 1.165) is 18.2 Å². The van der Waals surface area contributed by atoms with Crippen molar-refractivity contribution in [3.8, 4) is 0 Å². The van der Waals surface area contributed by atoms with Gasteiger partial charge in [0.15, 0.2) is 5.82 Å². The molecule has 1 atom stereocenters. The molecule has 2 fully saturated rings. The van der Waals surface area contributed by atoms with Crippen LogP contribution < -0.4 is 0 Å². The van der Waals surface area contributed by atoms with Crippen molar-refractivity contribution in [2.45, 2.75) is 31.1 Å². The molecular weight excluding hydrogens is 176 g/mol. The topological polar surface area (TPSA) is 44.8 Å². The highest BCUT2D eigenvalue weighted by Crippen LogP contribution is 2.38. The molecule has 0 radical (unpaired) electrons. The van der Waals surface area contributed by atoms with E-state index in [2.05, 4.69) is 27.1 Å². The number of hydrogen-bond acceptors (Lipinski definition) is 3. The lowest BCUT2D eigenvalue weighted by molar-refractivity contribution is 0.409. The number of hydrogen-bond donors (Lipinski definition) is 1. The Kier molecular flexibility index (Phi) is 1.83. The predicted octanol–water partition coefficient (Wildman–Crippen LogP) is 1.10. The standard InChI is InChI=1S/C10H16N4/c1-14-5-4-8(6-14)10-11-9(12-13-10)7-2-3-7/h7-8H,2-6H2,1H3,(H,11,12,13). The highest BCUT2D eigenvalue weighted by molar-refractivity contribution is 5.08. The van der Waals surface area contributed by atoms with E-state index < -0.39 is 0 Å². The molecule has 14 heavy (non-hydrogen) atoms. The number of aromatic amines is 1. The molecule has 1 aliphatic heterocycles. The molecule has 1 aliphatic carbocycles. The smallest absolute Gasteiger partial charge is 0.155 e. The van der Waals surface area contributed by atoms with Crippen molar-refractivity contribution >= 4 is 0 Å². The number of aromatic nitrogens is 3. The Hall–Kier alpha value is -0.900. The Balaban J connectivity index is 1.75. The number of nitrogens with one attached hydrogen (secondary N) is 1. The SMILES string of the molecule is CN1CCC(c2n[nH]c(C3CC3)n2)C1. The van der Waals surface area contributed by atoms with Crippen LogP contribution in [0.3, 0.4) is 0 Å². The van der Waals surface area contributed by atoms with Gasteiger partial charge in [0.25, 0.3) is 0 Å². The molecule has 2 aliphatic rings. The summed E-state index contributed by atoms with van der Waals surface area (Å²) in [6, 6.07) is 0. The van der Waals surface area contributed by atoms with Gasteiger partial charge in [0.1, 0.15) is 5.82 Å². The molecule has 1 saturated heterocycles. The molecule has 0 spiro atoms. The molecule has 0 aromatic carbocycles. The summed E-state index contributed by atoms with van der Waals surface area (Å²) in [5.74, 6) is 3.41. The van der Waals surface area contributed by atoms with E-state index in [9.17, 15) is 0 Å². The largest absolute Gasteiger partial charge is 0.306 e. The molecule has 76 valence electrons. The number of H-pyrrole nitrogens is 1. The van der Waals surface area contributed by atoms with E-state index in [-0.39, 0.29) is 0 Å². The minimum Gasteiger partial charge on any atom is -0.306 e. The quantitative estimate of drug-likeness (QED) is 0.763. The Morgan fingerprint density at radius 2 is 2.14 bits per heavy atom. The maximum absolute atomic E-state index is 4.60. The van der Waals surface area contributed by atoms with Crippen LogP contribution in [-0.2, 0) is 0 Å². The highest BCUT2D eigenvalue weighted by atomic mass is 15.2. The van der Waals surface area contributed by atoms with Crippen LogP contribution >= 0.6 is 0 Å². The van der Waals surface area contributed by atoms with Crippen LogP contribution in [0.25, 0.3) is 0 Å². The fourth-order valence-corrected chi connectivity index (χ4v) is 2.16. The molecular formula is C10H16N4. The van der Waals surface area contributed by atoms with E-state index in [0.29, 0.717) is 11.8 Å². The second-order valence-electron chi connectivity index (χ2n) is 4.60. The second-order valence-corrected chi connectivity index (χ2v) is 4.60. The minimum absolute atomic E-state index is 0.559. The van der Waals surface area contributed by atoms with Gasteiger partial charge in [-0.05, 0) is 32.9 Å². The van der Waals surface area contributed by atoms with E-state index >= 15 is 0 Å². The van der Waals surface area contributed by atoms with Crippen LogP contribution in [0.2, 0.25) is 0 Å². The zero-order valence-corrected chi connectivity index (χ0v) is 8.53. The van der Waals surface area contributed by atoms with Crippen molar-refractivity contribution in [1.29, 1.82) is 0 Å². The summed E-state index contributed by atoms with van der Waals surface area (Å²) in [6.07, 6.45) is 3.79. The first-order chi connectivity index (χ1) is 6.83. The van der Waals surface area contributed by atoms with Crippen molar-refractivity contribution in [3.63, 3.8) is 0 Å². The average molecular weight is 192 g/mol. The molecule has 1 aromatic rings. The molecule has 4 heteroatoms. The summed E-state index contributed by atoms with van der Waals surface area (Å²) in [5, 5.41) is 7.41. The molecule has 1 N–H and O–H groups in total. The van der Waals surface area contributed by atoms with Crippen LogP contribution in [-0.4, -0.2) is 40.2 Å². The molecule has 2 heterocycles. The zero-order valence-electron chi connectivity index (χ0n) is 8.53. The van der Waals surface area contributed by atoms with Crippen molar-refractivity contribution in [2.75, 3.05) is 20.1 Å². The van der Waals surface area contributed by atoms with Gasteiger partial charge in [-0.2, -0.15) is 5.10 Å². The highest BCUT2D eigenvalue weighted by Gasteiger charge is 2.30. The van der Waals surface area contributed by atoms with Gasteiger partial charge in [-0.15, -0.1) is 0 Å². The van der Waals surface area contributed by atoms with Gasteiger partial charge < -0.3 is 4.90 Å². The van der Waals surface area contributed by atoms with Gasteiger partial charge in [0.2, 0.25) is 0 Å². The maximum Gasteiger partial charge on any atom is 0.155 e. The summed E-state index contributed by atoms with van der Waals surface area (Å²) < 4.78 is 0. The molecule has 1 aromatic heterocycles. The first kappa shape index (κ1) is 8.41. The maximum atomic E-state index is 4.60. The average Bonchev–Trinajstić information content (AvgIpc) is 2.76. The fourth-order valence-electron chi connectivity index (χ4n) is 2.16. The lowest BCUT2D eigenvalue weighted by Gasteiger charge is -2.05. The summed E-state index contributed by atoms with van der Waals surface area (Å²) in [6.45, 7) is 2.29. The molecule has 0 bridgehead atoms. The lowest BCUT2D eigenvalue weighted by Crippen LogP contribution is -2.13. The molecule has 0 amide bonds. The van der Waals surface area contributed by atoms with E-state index in [4.69, 9.17) is 0 Å². The third kappa shape index (κ3) is 1.43. The first-order valence-electron chi connectivity index (χ1n) is 5.43. The van der Waals surface area contributed by atoms with E-state index in [1.165, 1.54) is 25.8 Å². The number of likely N-dealkylation sites (tertiary alicyclic amines) is 1. The molecule has 1 saturated carbocycles. The minimum atomic E-state index is 0.559. The number of rotatable bonds is 2. The summed E-state index contributed by atoms with van der Waals surface area (Å²) in [5.41, 5.74) is 0. The third-order valence-corrected chi connectivity index (χ3v) is 3.24. The summed E-state index contributed by atoms with van der Waals surface area (Å²) >= 11 is 0. The van der Waals surface area contributed by atoms with Gasteiger partial charge in [-0.25, -0.2) is 4.98 Å². The monoisotopic (exact) mass is 192 g/mol. The Morgan fingerprint density at radius 3 is 2.79 bits per heavy atom. The molecule has 3 rings (SSSR count). The van der Waals surface area contributed by atoms with Crippen LogP contribution in [0.1, 0.15) is 42.7 Å². The normalized spacial score (nSPS) is 28.5. The second kappa shape index (κ2) is 3.05. The van der Waals surface area contributed by atoms with Gasteiger partial charge >= 0.3 is 0 Å². The van der Waals surface area contributed by atoms with Crippen molar-refractivity contribution in [3.05, 3.63) is 11.6 Å². The summed E-state index contributed by atoms with van der Waals surface area (Å²) in [7, 11) is 2.16. The molecule has 4 nitrogen and oxygen atoms in total.